The summed E-state index contributed by atoms with van der Waals surface area (Å²) >= 11 is 3.30. The number of hydrogen-bond donors (Lipinski definition) is 0. The van der Waals surface area contributed by atoms with Gasteiger partial charge in [0.05, 0.1) is 17.0 Å². The largest absolute Gasteiger partial charge is 0.340 e. The van der Waals surface area contributed by atoms with Crippen molar-refractivity contribution in [1.29, 1.82) is 0 Å². The second-order valence-corrected chi connectivity index (χ2v) is 8.60. The molecule has 1 aromatic carbocycles. The highest BCUT2D eigenvalue weighted by Crippen LogP contribution is 2.28. The van der Waals surface area contributed by atoms with E-state index in [2.05, 4.69) is 57.7 Å². The van der Waals surface area contributed by atoms with Gasteiger partial charge in [0.15, 0.2) is 0 Å². The van der Waals surface area contributed by atoms with Crippen molar-refractivity contribution in [2.45, 2.75) is 6.42 Å². The molecular formula is C22H23N3OS2. The van der Waals surface area contributed by atoms with Gasteiger partial charge in [-0.3, -0.25) is 9.69 Å². The van der Waals surface area contributed by atoms with Crippen LogP contribution >= 0.6 is 22.7 Å². The number of amides is 1. The van der Waals surface area contributed by atoms with Crippen LogP contribution in [0.1, 0.15) is 11.3 Å². The summed E-state index contributed by atoms with van der Waals surface area (Å²) in [6, 6.07) is 14.4. The Morgan fingerprint density at radius 3 is 2.61 bits per heavy atom. The summed E-state index contributed by atoms with van der Waals surface area (Å²) in [6.07, 6.45) is 4.76. The van der Waals surface area contributed by atoms with Crippen LogP contribution in [0, 0.1) is 0 Å². The van der Waals surface area contributed by atoms with E-state index in [1.165, 1.54) is 10.4 Å². The van der Waals surface area contributed by atoms with Gasteiger partial charge in [0, 0.05) is 38.1 Å². The predicted octanol–water partition coefficient (Wildman–Crippen LogP) is 4.27. The van der Waals surface area contributed by atoms with Crippen molar-refractivity contribution in [2.24, 2.45) is 0 Å². The van der Waals surface area contributed by atoms with Gasteiger partial charge in [0.25, 0.3) is 0 Å². The first-order valence-electron chi connectivity index (χ1n) is 9.48. The Balaban J connectivity index is 1.23. The average Bonchev–Trinajstić information content (AvgIpc) is 3.41. The van der Waals surface area contributed by atoms with Gasteiger partial charge in [-0.2, -0.15) is 0 Å². The molecule has 0 spiro atoms. The number of carbonyl (C=O) groups excluding carboxylic acids is 1. The number of thiophene rings is 1. The monoisotopic (exact) mass is 409 g/mol. The summed E-state index contributed by atoms with van der Waals surface area (Å²) in [5.41, 5.74) is 2.10. The van der Waals surface area contributed by atoms with Gasteiger partial charge >= 0.3 is 0 Å². The van der Waals surface area contributed by atoms with E-state index in [1.54, 1.807) is 22.7 Å². The van der Waals surface area contributed by atoms with Crippen molar-refractivity contribution in [3.63, 3.8) is 0 Å². The molecule has 0 aliphatic carbocycles. The summed E-state index contributed by atoms with van der Waals surface area (Å²) in [6.45, 7) is 4.35. The molecule has 1 aliphatic rings. The lowest BCUT2D eigenvalue weighted by molar-refractivity contribution is -0.132. The minimum atomic E-state index is 0.183. The highest BCUT2D eigenvalue weighted by molar-refractivity contribution is 7.20. The zero-order valence-electron chi connectivity index (χ0n) is 15.7. The maximum absolute atomic E-state index is 12.6. The van der Waals surface area contributed by atoms with Crippen molar-refractivity contribution >= 4 is 34.7 Å². The van der Waals surface area contributed by atoms with Crippen molar-refractivity contribution in [2.75, 3.05) is 32.7 Å². The predicted molar refractivity (Wildman–Crippen MR) is 118 cm³/mol. The normalized spacial score (nSPS) is 15.4. The molecule has 0 saturated carbocycles. The van der Waals surface area contributed by atoms with E-state index in [0.29, 0.717) is 6.42 Å². The fourth-order valence-electron chi connectivity index (χ4n) is 3.25. The zero-order valence-corrected chi connectivity index (χ0v) is 17.3. The average molecular weight is 410 g/mol. The number of carbonyl (C=O) groups is 1. The molecule has 1 amide bonds. The Hall–Kier alpha value is -2.28. The number of rotatable bonds is 6. The van der Waals surface area contributed by atoms with Crippen molar-refractivity contribution in [1.82, 2.24) is 14.8 Å². The smallest absolute Gasteiger partial charge is 0.228 e. The van der Waals surface area contributed by atoms with E-state index in [-0.39, 0.29) is 5.91 Å². The number of nitrogens with zero attached hydrogens (tertiary/aromatic N) is 3. The lowest BCUT2D eigenvalue weighted by Gasteiger charge is -2.34. The first-order chi connectivity index (χ1) is 13.8. The SMILES string of the molecule is O=C(Cc1csc(-c2cccs2)n1)N1CCN(CC=Cc2ccccc2)CC1. The quantitative estimate of drug-likeness (QED) is 0.610. The molecule has 0 atom stereocenters. The number of thiazole rings is 1. The molecule has 28 heavy (non-hydrogen) atoms. The number of hydrogen-bond acceptors (Lipinski definition) is 5. The minimum absolute atomic E-state index is 0.183. The molecule has 0 N–H and O–H groups in total. The van der Waals surface area contributed by atoms with Gasteiger partial charge in [-0.05, 0) is 17.0 Å². The minimum Gasteiger partial charge on any atom is -0.340 e. The van der Waals surface area contributed by atoms with Crippen molar-refractivity contribution < 1.29 is 4.79 Å². The summed E-state index contributed by atoms with van der Waals surface area (Å²) in [7, 11) is 0. The summed E-state index contributed by atoms with van der Waals surface area (Å²) in [5, 5.41) is 5.07. The van der Waals surface area contributed by atoms with Crippen LogP contribution < -0.4 is 0 Å². The van der Waals surface area contributed by atoms with Gasteiger partial charge in [0.1, 0.15) is 5.01 Å². The Morgan fingerprint density at radius 1 is 1.04 bits per heavy atom. The molecule has 0 radical (unpaired) electrons. The third-order valence-electron chi connectivity index (χ3n) is 4.81. The lowest BCUT2D eigenvalue weighted by atomic mass is 10.2. The second-order valence-electron chi connectivity index (χ2n) is 6.79. The van der Waals surface area contributed by atoms with Crippen LogP contribution in [0.5, 0.6) is 0 Å². The van der Waals surface area contributed by atoms with Crippen LogP contribution in [-0.2, 0) is 11.2 Å². The standard InChI is InChI=1S/C22H23N3OS2/c26-21(16-19-17-28-22(23-19)20-9-5-15-27-20)25-13-11-24(12-14-25)10-4-8-18-6-2-1-3-7-18/h1-9,15,17H,10-14,16H2. The Labute approximate surface area is 173 Å². The molecule has 0 bridgehead atoms. The van der Waals surface area contributed by atoms with E-state index in [9.17, 15) is 4.79 Å². The van der Waals surface area contributed by atoms with Crippen LogP contribution in [0.15, 0.2) is 59.3 Å². The number of piperazine rings is 1. The molecule has 6 heteroatoms. The summed E-state index contributed by atoms with van der Waals surface area (Å²) in [4.78, 5) is 22.8. The molecule has 144 valence electrons. The first kappa shape index (κ1) is 19.1. The van der Waals surface area contributed by atoms with Gasteiger partial charge in [-0.25, -0.2) is 4.98 Å². The van der Waals surface area contributed by atoms with Crippen LogP contribution in [-0.4, -0.2) is 53.4 Å². The van der Waals surface area contributed by atoms with Crippen molar-refractivity contribution in [3.8, 4) is 9.88 Å². The maximum atomic E-state index is 12.6. The Morgan fingerprint density at radius 2 is 1.86 bits per heavy atom. The number of aromatic nitrogens is 1. The van der Waals surface area contributed by atoms with Crippen molar-refractivity contribution in [3.05, 3.63) is 70.6 Å². The lowest BCUT2D eigenvalue weighted by Crippen LogP contribution is -2.49. The topological polar surface area (TPSA) is 36.4 Å². The molecule has 0 unspecified atom stereocenters. The molecule has 1 fully saturated rings. The molecule has 3 aromatic rings. The van der Waals surface area contributed by atoms with E-state index >= 15 is 0 Å². The summed E-state index contributed by atoms with van der Waals surface area (Å²) < 4.78 is 0. The van der Waals surface area contributed by atoms with Crippen LogP contribution in [0.3, 0.4) is 0 Å². The molecule has 3 heterocycles. The fourth-order valence-corrected chi connectivity index (χ4v) is 4.88. The molecule has 1 aliphatic heterocycles. The third-order valence-corrected chi connectivity index (χ3v) is 6.74. The van der Waals surface area contributed by atoms with E-state index in [4.69, 9.17) is 0 Å². The zero-order chi connectivity index (χ0) is 19.2. The van der Waals surface area contributed by atoms with Crippen LogP contribution in [0.2, 0.25) is 0 Å². The summed E-state index contributed by atoms with van der Waals surface area (Å²) in [5.74, 6) is 0.183. The molecule has 4 nitrogen and oxygen atoms in total. The van der Waals surface area contributed by atoms with Gasteiger partial charge in [-0.1, -0.05) is 48.6 Å². The van der Waals surface area contributed by atoms with Crippen LogP contribution in [0.4, 0.5) is 0 Å². The molecule has 1 saturated heterocycles. The highest BCUT2D eigenvalue weighted by Gasteiger charge is 2.21. The van der Waals surface area contributed by atoms with Crippen LogP contribution in [0.25, 0.3) is 16.0 Å². The van der Waals surface area contributed by atoms with E-state index < -0.39 is 0 Å². The second kappa shape index (κ2) is 9.28. The number of benzene rings is 1. The molecule has 4 rings (SSSR count). The Kier molecular flexibility index (Phi) is 6.31. The van der Waals surface area contributed by atoms with Gasteiger partial charge in [0.2, 0.25) is 5.91 Å². The highest BCUT2D eigenvalue weighted by atomic mass is 32.1. The van der Waals surface area contributed by atoms with Gasteiger partial charge < -0.3 is 4.90 Å². The molecular weight excluding hydrogens is 386 g/mol. The maximum Gasteiger partial charge on any atom is 0.228 e. The molecule has 2 aromatic heterocycles. The van der Waals surface area contributed by atoms with E-state index in [1.807, 2.05) is 22.4 Å². The fraction of sp³-hybridized carbons (Fsp3) is 0.273. The van der Waals surface area contributed by atoms with E-state index in [0.717, 1.165) is 43.4 Å². The first-order valence-corrected chi connectivity index (χ1v) is 11.2. The van der Waals surface area contributed by atoms with Gasteiger partial charge in [-0.15, -0.1) is 22.7 Å². The third kappa shape index (κ3) is 4.95. The Bertz CT molecular complexity index is 910.